The number of nitrogens with one attached hydrogen (secondary N) is 2. The number of carbonyl (C=O) groups excluding carboxylic acids is 1. The van der Waals surface area contributed by atoms with Crippen molar-refractivity contribution in [2.45, 2.75) is 39.9 Å². The number of hydrazine groups is 1. The van der Waals surface area contributed by atoms with Crippen LogP contribution in [-0.4, -0.2) is 77.0 Å². The van der Waals surface area contributed by atoms with Crippen molar-refractivity contribution in [1.82, 2.24) is 30.2 Å². The first-order valence-electron chi connectivity index (χ1n) is 13.8. The van der Waals surface area contributed by atoms with Crippen LogP contribution in [0.25, 0.3) is 11.3 Å². The number of amides is 1. The molecule has 1 saturated heterocycles. The minimum absolute atomic E-state index is 0.00267. The first-order chi connectivity index (χ1) is 19.9. The van der Waals surface area contributed by atoms with E-state index in [0.29, 0.717) is 29.2 Å². The van der Waals surface area contributed by atoms with Crippen molar-refractivity contribution in [2.75, 3.05) is 56.6 Å². The molecule has 228 valence electrons. The van der Waals surface area contributed by atoms with E-state index in [1.54, 1.807) is 6.20 Å². The van der Waals surface area contributed by atoms with Crippen molar-refractivity contribution in [1.29, 1.82) is 0 Å². The van der Waals surface area contributed by atoms with Gasteiger partial charge in [0.2, 0.25) is 5.13 Å². The second kappa shape index (κ2) is 13.7. The van der Waals surface area contributed by atoms with E-state index in [9.17, 15) is 22.4 Å². The van der Waals surface area contributed by atoms with Crippen LogP contribution in [0.1, 0.15) is 48.1 Å². The van der Waals surface area contributed by atoms with Crippen molar-refractivity contribution >= 4 is 28.2 Å². The number of benzene rings is 1. The maximum absolute atomic E-state index is 14.2. The molecule has 0 spiro atoms. The van der Waals surface area contributed by atoms with Gasteiger partial charge in [-0.15, -0.1) is 0 Å². The van der Waals surface area contributed by atoms with Gasteiger partial charge < -0.3 is 9.80 Å². The molecule has 4 rings (SSSR count). The predicted octanol–water partition coefficient (Wildman–Crippen LogP) is 5.13. The minimum atomic E-state index is -4.71. The Hall–Kier alpha value is -3.36. The molecule has 0 saturated carbocycles. The van der Waals surface area contributed by atoms with Crippen LogP contribution in [0.15, 0.2) is 30.6 Å². The number of alkyl halides is 3. The van der Waals surface area contributed by atoms with E-state index in [1.807, 2.05) is 11.9 Å². The summed E-state index contributed by atoms with van der Waals surface area (Å²) in [7, 11) is 1.89. The van der Waals surface area contributed by atoms with Crippen LogP contribution < -0.4 is 15.8 Å². The number of hydrogen-bond acceptors (Lipinski definition) is 9. The summed E-state index contributed by atoms with van der Waals surface area (Å²) >= 11 is 1.16. The van der Waals surface area contributed by atoms with Crippen LogP contribution in [0.5, 0.6) is 0 Å². The van der Waals surface area contributed by atoms with Gasteiger partial charge in [-0.1, -0.05) is 32.1 Å². The summed E-state index contributed by atoms with van der Waals surface area (Å²) in [5, 5.41) is 0.235. The van der Waals surface area contributed by atoms with Crippen molar-refractivity contribution in [3.05, 3.63) is 52.5 Å². The summed E-state index contributed by atoms with van der Waals surface area (Å²) < 4.78 is 54.4. The predicted molar refractivity (Wildman–Crippen MR) is 156 cm³/mol. The van der Waals surface area contributed by atoms with Crippen LogP contribution in [0.3, 0.4) is 0 Å². The molecule has 2 N–H and O–H groups in total. The number of nitrogens with zero attached hydrogens (tertiary/aromatic N) is 6. The lowest BCUT2D eigenvalue weighted by atomic mass is 10.1. The molecule has 2 aromatic heterocycles. The highest BCUT2D eigenvalue weighted by Crippen LogP contribution is 2.36. The molecule has 0 bridgehead atoms. The lowest BCUT2D eigenvalue weighted by Crippen LogP contribution is -2.46. The summed E-state index contributed by atoms with van der Waals surface area (Å²) in [6.45, 7) is 12.0. The van der Waals surface area contributed by atoms with Crippen LogP contribution in [0.4, 0.5) is 28.5 Å². The van der Waals surface area contributed by atoms with Crippen molar-refractivity contribution in [2.24, 2.45) is 5.92 Å². The largest absolute Gasteiger partial charge is 0.416 e. The molecule has 0 unspecified atom stereocenters. The maximum atomic E-state index is 14.2. The standard InChI is InChI=1S/C28H36F4N8OS/c1-5-6-39-7-9-40(10-8-39)24-15-33-22(14-34-24)26(41)36-37-27-35-25(23(42-27)17-38(4)16-18(2)3)19-11-20(28(30,31)32)13-21(29)12-19/h11-15,18H,5-10,16-17H2,1-4H3,(H,35,37)(H,36,41). The topological polar surface area (TPSA) is 89.5 Å². The van der Waals surface area contributed by atoms with Gasteiger partial charge in [0.25, 0.3) is 5.91 Å². The Morgan fingerprint density at radius 3 is 2.48 bits per heavy atom. The van der Waals surface area contributed by atoms with Gasteiger partial charge in [-0.05, 0) is 44.1 Å². The molecule has 14 heteroatoms. The highest BCUT2D eigenvalue weighted by atomic mass is 32.1. The highest BCUT2D eigenvalue weighted by molar-refractivity contribution is 7.16. The SMILES string of the molecule is CCCN1CCN(c2cnc(C(=O)NNc3nc(-c4cc(F)cc(C(F)(F)F)c4)c(CN(C)CC(C)C)s3)cn2)CC1. The van der Waals surface area contributed by atoms with E-state index in [2.05, 4.69) is 56.4 Å². The summed E-state index contributed by atoms with van der Waals surface area (Å²) in [4.78, 5) is 33.0. The lowest BCUT2D eigenvalue weighted by molar-refractivity contribution is -0.137. The molecule has 9 nitrogen and oxygen atoms in total. The summed E-state index contributed by atoms with van der Waals surface area (Å²) in [6, 6.07) is 2.37. The molecular formula is C28H36F4N8OS. The first kappa shape index (κ1) is 31.6. The van der Waals surface area contributed by atoms with Crippen molar-refractivity contribution in [3.63, 3.8) is 0 Å². The zero-order chi connectivity index (χ0) is 30.4. The molecular weight excluding hydrogens is 572 g/mol. The fourth-order valence-corrected chi connectivity index (χ4v) is 5.87. The zero-order valence-corrected chi connectivity index (χ0v) is 24.9. The van der Waals surface area contributed by atoms with Gasteiger partial charge in [-0.3, -0.25) is 20.5 Å². The first-order valence-corrected chi connectivity index (χ1v) is 14.7. The average molecular weight is 609 g/mol. The van der Waals surface area contributed by atoms with E-state index in [4.69, 9.17) is 0 Å². The van der Waals surface area contributed by atoms with Gasteiger partial charge in [-0.2, -0.15) is 13.2 Å². The van der Waals surface area contributed by atoms with E-state index in [1.165, 1.54) is 6.20 Å². The third-order valence-electron chi connectivity index (χ3n) is 6.68. The molecule has 1 aliphatic rings. The number of rotatable bonds is 11. The fraction of sp³-hybridized carbons (Fsp3) is 0.500. The van der Waals surface area contributed by atoms with E-state index in [-0.39, 0.29) is 22.1 Å². The van der Waals surface area contributed by atoms with E-state index < -0.39 is 23.5 Å². The normalized spacial score (nSPS) is 14.6. The molecule has 1 fully saturated rings. The van der Waals surface area contributed by atoms with Crippen molar-refractivity contribution in [3.8, 4) is 11.3 Å². The number of piperazine rings is 1. The third-order valence-corrected chi connectivity index (χ3v) is 7.63. The smallest absolute Gasteiger partial charge is 0.353 e. The third kappa shape index (κ3) is 8.35. The Morgan fingerprint density at radius 2 is 1.86 bits per heavy atom. The molecule has 42 heavy (non-hydrogen) atoms. The number of anilines is 2. The van der Waals surface area contributed by atoms with Gasteiger partial charge in [0.15, 0.2) is 0 Å². The number of thiazole rings is 1. The van der Waals surface area contributed by atoms with Gasteiger partial charge in [0, 0.05) is 49.7 Å². The molecule has 0 radical (unpaired) electrons. The van der Waals surface area contributed by atoms with E-state index in [0.717, 1.165) is 69.2 Å². The fourth-order valence-electron chi connectivity index (χ4n) is 4.85. The Morgan fingerprint density at radius 1 is 1.12 bits per heavy atom. The molecule has 3 aromatic rings. The summed E-state index contributed by atoms with van der Waals surface area (Å²) in [6.07, 6.45) is -0.636. The quantitative estimate of drug-likeness (QED) is 0.229. The number of carbonyl (C=O) groups is 1. The second-order valence-electron chi connectivity index (χ2n) is 10.8. The van der Waals surface area contributed by atoms with Crippen LogP contribution in [0, 0.1) is 11.7 Å². The number of halogens is 4. The Kier molecular flexibility index (Phi) is 10.3. The Balaban J connectivity index is 1.47. The van der Waals surface area contributed by atoms with Crippen molar-refractivity contribution < 1.29 is 22.4 Å². The zero-order valence-electron chi connectivity index (χ0n) is 24.1. The molecule has 1 aromatic carbocycles. The highest BCUT2D eigenvalue weighted by Gasteiger charge is 2.32. The summed E-state index contributed by atoms with van der Waals surface area (Å²) in [5.74, 6) is -0.514. The Labute approximate surface area is 246 Å². The minimum Gasteiger partial charge on any atom is -0.353 e. The molecule has 3 heterocycles. The van der Waals surface area contributed by atoms with Gasteiger partial charge in [0.1, 0.15) is 17.3 Å². The van der Waals surface area contributed by atoms with Gasteiger partial charge >= 0.3 is 6.18 Å². The number of hydrogen-bond donors (Lipinski definition) is 2. The molecule has 1 aliphatic heterocycles. The van der Waals surface area contributed by atoms with Gasteiger partial charge in [0.05, 0.1) is 23.7 Å². The maximum Gasteiger partial charge on any atom is 0.416 e. The monoisotopic (exact) mass is 608 g/mol. The van der Waals surface area contributed by atoms with Crippen LogP contribution in [0.2, 0.25) is 0 Å². The average Bonchev–Trinajstić information content (AvgIpc) is 3.33. The van der Waals surface area contributed by atoms with Gasteiger partial charge in [-0.25, -0.2) is 19.3 Å². The van der Waals surface area contributed by atoms with E-state index >= 15 is 0 Å². The van der Waals surface area contributed by atoms with Crippen LogP contribution >= 0.6 is 11.3 Å². The second-order valence-corrected chi connectivity index (χ2v) is 11.9. The molecule has 1 amide bonds. The van der Waals surface area contributed by atoms with Crippen LogP contribution in [-0.2, 0) is 12.7 Å². The summed E-state index contributed by atoms with van der Waals surface area (Å²) in [5.41, 5.74) is 4.46. The Bertz CT molecular complexity index is 1340. The lowest BCUT2D eigenvalue weighted by Gasteiger charge is -2.35. The number of aromatic nitrogens is 3. The molecule has 0 atom stereocenters. The molecule has 0 aliphatic carbocycles.